The third kappa shape index (κ3) is 5.27. The van der Waals surface area contributed by atoms with Gasteiger partial charge in [0.25, 0.3) is 0 Å². The second-order valence-electron chi connectivity index (χ2n) is 6.00. The number of pyridine rings is 1. The number of nitrogens with zero attached hydrogens (tertiary/aromatic N) is 2. The van der Waals surface area contributed by atoms with Gasteiger partial charge in [-0.25, -0.2) is 8.42 Å². The van der Waals surface area contributed by atoms with Crippen LogP contribution in [0.4, 0.5) is 0 Å². The summed E-state index contributed by atoms with van der Waals surface area (Å²) in [7, 11) is -2.40. The van der Waals surface area contributed by atoms with Crippen molar-refractivity contribution < 1.29 is 17.9 Å². The average molecular weight is 377 g/mol. The minimum Gasteiger partial charge on any atom is -0.491 e. The predicted octanol–water partition coefficient (Wildman–Crippen LogP) is 1.81. The van der Waals surface area contributed by atoms with Crippen molar-refractivity contribution in [1.82, 2.24) is 14.6 Å². The predicted molar refractivity (Wildman–Crippen MR) is 98.1 cm³/mol. The van der Waals surface area contributed by atoms with Crippen LogP contribution in [0.2, 0.25) is 0 Å². The van der Waals surface area contributed by atoms with Gasteiger partial charge < -0.3 is 10.1 Å². The van der Waals surface area contributed by atoms with Gasteiger partial charge in [-0.3, -0.25) is 9.78 Å². The Labute approximate surface area is 154 Å². The summed E-state index contributed by atoms with van der Waals surface area (Å²) in [5.41, 5.74) is 0.826. The van der Waals surface area contributed by atoms with Gasteiger partial charge in [0.2, 0.25) is 15.9 Å². The quantitative estimate of drug-likeness (QED) is 0.758. The lowest BCUT2D eigenvalue weighted by atomic mass is 10.2. The van der Waals surface area contributed by atoms with Crippen LogP contribution in [0.25, 0.3) is 0 Å². The summed E-state index contributed by atoms with van der Waals surface area (Å²) in [6.07, 6.45) is 2.76. The molecule has 0 unspecified atom stereocenters. The smallest absolute Gasteiger partial charge is 0.244 e. The summed E-state index contributed by atoms with van der Waals surface area (Å²) in [4.78, 5) is 16.0. The first-order valence-electron chi connectivity index (χ1n) is 8.18. The lowest BCUT2D eigenvalue weighted by Crippen LogP contribution is -2.38. The summed E-state index contributed by atoms with van der Waals surface area (Å²) in [6.45, 7) is 3.81. The number of carbonyl (C=O) groups excluding carboxylic acids is 1. The highest BCUT2D eigenvalue weighted by Crippen LogP contribution is 2.19. The second kappa shape index (κ2) is 8.77. The molecule has 0 spiro atoms. The summed E-state index contributed by atoms with van der Waals surface area (Å²) < 4.78 is 31.5. The van der Waals surface area contributed by atoms with E-state index in [1.54, 1.807) is 0 Å². The number of benzene rings is 1. The van der Waals surface area contributed by atoms with E-state index in [1.165, 1.54) is 31.6 Å². The van der Waals surface area contributed by atoms with Crippen LogP contribution in [0.5, 0.6) is 5.75 Å². The molecule has 0 aliphatic rings. The maximum absolute atomic E-state index is 12.4. The lowest BCUT2D eigenvalue weighted by molar-refractivity contribution is -0.121. The highest BCUT2D eigenvalue weighted by Gasteiger charge is 2.23. The Morgan fingerprint density at radius 2 is 1.96 bits per heavy atom. The van der Waals surface area contributed by atoms with Crippen LogP contribution in [-0.4, -0.2) is 43.3 Å². The molecule has 0 radical (unpaired) electrons. The zero-order valence-corrected chi connectivity index (χ0v) is 15.9. The number of carbonyl (C=O) groups is 1. The Morgan fingerprint density at radius 3 is 2.62 bits per heavy atom. The number of aromatic nitrogens is 1. The van der Waals surface area contributed by atoms with Crippen LogP contribution in [-0.2, 0) is 21.4 Å². The molecule has 26 heavy (non-hydrogen) atoms. The first-order chi connectivity index (χ1) is 12.3. The van der Waals surface area contributed by atoms with E-state index in [4.69, 9.17) is 4.74 Å². The number of rotatable bonds is 8. The number of amides is 1. The van der Waals surface area contributed by atoms with Gasteiger partial charge >= 0.3 is 0 Å². The number of nitrogens with one attached hydrogen (secondary N) is 1. The number of likely N-dealkylation sites (N-methyl/N-ethyl adjacent to an activating group) is 1. The number of ether oxygens (including phenoxy) is 1. The molecule has 2 aromatic rings. The van der Waals surface area contributed by atoms with E-state index in [-0.39, 0.29) is 24.1 Å². The Morgan fingerprint density at radius 1 is 1.23 bits per heavy atom. The molecule has 0 aliphatic carbocycles. The first-order valence-corrected chi connectivity index (χ1v) is 9.62. The van der Waals surface area contributed by atoms with E-state index < -0.39 is 15.9 Å². The number of para-hydroxylation sites is 1. The van der Waals surface area contributed by atoms with Crippen LogP contribution in [0, 0.1) is 0 Å². The molecule has 8 heteroatoms. The van der Waals surface area contributed by atoms with Gasteiger partial charge in [0.1, 0.15) is 10.6 Å². The van der Waals surface area contributed by atoms with Crippen LogP contribution in [0.15, 0.2) is 53.7 Å². The van der Waals surface area contributed by atoms with Gasteiger partial charge in [-0.15, -0.1) is 0 Å². The normalized spacial score (nSPS) is 11.6. The van der Waals surface area contributed by atoms with Crippen molar-refractivity contribution in [2.75, 3.05) is 13.6 Å². The van der Waals surface area contributed by atoms with Crippen molar-refractivity contribution in [1.29, 1.82) is 0 Å². The molecule has 1 N–H and O–H groups in total. The maximum atomic E-state index is 12.4. The zero-order chi connectivity index (χ0) is 19.2. The second-order valence-corrected chi connectivity index (χ2v) is 8.05. The largest absolute Gasteiger partial charge is 0.491 e. The fraction of sp³-hybridized carbons (Fsp3) is 0.333. The molecule has 7 nitrogen and oxygen atoms in total. The molecule has 0 fully saturated rings. The lowest BCUT2D eigenvalue weighted by Gasteiger charge is -2.17. The van der Waals surface area contributed by atoms with Crippen molar-refractivity contribution in [2.24, 2.45) is 0 Å². The van der Waals surface area contributed by atoms with Crippen LogP contribution < -0.4 is 10.1 Å². The fourth-order valence-electron chi connectivity index (χ4n) is 2.24. The fourth-order valence-corrected chi connectivity index (χ4v) is 3.33. The molecule has 1 aromatic heterocycles. The molecular weight excluding hydrogens is 354 g/mol. The van der Waals surface area contributed by atoms with Crippen molar-refractivity contribution in [3.05, 3.63) is 54.4 Å². The highest BCUT2D eigenvalue weighted by molar-refractivity contribution is 7.89. The van der Waals surface area contributed by atoms with Crippen molar-refractivity contribution >= 4 is 15.9 Å². The molecule has 0 aliphatic heterocycles. The third-order valence-electron chi connectivity index (χ3n) is 3.52. The van der Waals surface area contributed by atoms with Gasteiger partial charge in [-0.05, 0) is 32.0 Å². The van der Waals surface area contributed by atoms with E-state index in [2.05, 4.69) is 10.3 Å². The summed E-state index contributed by atoms with van der Waals surface area (Å²) in [5, 5.41) is 2.73. The third-order valence-corrected chi connectivity index (χ3v) is 5.31. The van der Waals surface area contributed by atoms with E-state index in [0.717, 1.165) is 9.87 Å². The van der Waals surface area contributed by atoms with Crippen LogP contribution >= 0.6 is 0 Å². The van der Waals surface area contributed by atoms with E-state index in [1.807, 2.05) is 38.1 Å². The SMILES string of the molecule is CC(C)Oc1ccccc1CNC(=O)CN(C)S(=O)(=O)c1cccnc1. The summed E-state index contributed by atoms with van der Waals surface area (Å²) in [6, 6.07) is 10.4. The number of hydrogen-bond acceptors (Lipinski definition) is 5. The molecule has 0 atom stereocenters. The van der Waals surface area contributed by atoms with Gasteiger partial charge in [0, 0.05) is 31.5 Å². The van der Waals surface area contributed by atoms with Crippen molar-refractivity contribution in [3.63, 3.8) is 0 Å². The van der Waals surface area contributed by atoms with E-state index >= 15 is 0 Å². The molecule has 1 heterocycles. The number of hydrogen-bond donors (Lipinski definition) is 1. The van der Waals surface area contributed by atoms with Crippen LogP contribution in [0.3, 0.4) is 0 Å². The minimum absolute atomic E-state index is 0.0163. The van der Waals surface area contributed by atoms with Gasteiger partial charge in [-0.2, -0.15) is 4.31 Å². The Balaban J connectivity index is 1.97. The van der Waals surface area contributed by atoms with Gasteiger partial charge in [0.15, 0.2) is 0 Å². The monoisotopic (exact) mass is 377 g/mol. The Hall–Kier alpha value is -2.45. The molecule has 1 amide bonds. The van der Waals surface area contributed by atoms with Gasteiger partial charge in [0.05, 0.1) is 12.6 Å². The van der Waals surface area contributed by atoms with Gasteiger partial charge in [-0.1, -0.05) is 18.2 Å². The molecule has 0 bridgehead atoms. The first kappa shape index (κ1) is 19.9. The topological polar surface area (TPSA) is 88.6 Å². The summed E-state index contributed by atoms with van der Waals surface area (Å²) >= 11 is 0. The van der Waals surface area contributed by atoms with Crippen molar-refractivity contribution in [3.8, 4) is 5.75 Å². The van der Waals surface area contributed by atoms with E-state index in [0.29, 0.717) is 5.75 Å². The molecule has 1 aromatic carbocycles. The number of sulfonamides is 1. The molecule has 2 rings (SSSR count). The highest BCUT2D eigenvalue weighted by atomic mass is 32.2. The van der Waals surface area contributed by atoms with E-state index in [9.17, 15) is 13.2 Å². The standard InChI is InChI=1S/C18H23N3O4S/c1-14(2)25-17-9-5-4-7-15(17)11-20-18(22)13-21(3)26(23,24)16-8-6-10-19-12-16/h4-10,12,14H,11,13H2,1-3H3,(H,20,22). The molecular formula is C18H23N3O4S. The van der Waals surface area contributed by atoms with Crippen molar-refractivity contribution in [2.45, 2.75) is 31.4 Å². The summed E-state index contributed by atoms with van der Waals surface area (Å²) in [5.74, 6) is 0.290. The molecule has 0 saturated heterocycles. The average Bonchev–Trinajstić information content (AvgIpc) is 2.61. The minimum atomic E-state index is -3.76. The van der Waals surface area contributed by atoms with Crippen LogP contribution in [0.1, 0.15) is 19.4 Å². The molecule has 140 valence electrons. The zero-order valence-electron chi connectivity index (χ0n) is 15.0. The Kier molecular flexibility index (Phi) is 6.70. The molecule has 0 saturated carbocycles. The Bertz CT molecular complexity index is 839. The maximum Gasteiger partial charge on any atom is 0.244 e.